The van der Waals surface area contributed by atoms with Crippen LogP contribution in [-0.2, 0) is 12.7 Å². The molecule has 8 heteroatoms. The van der Waals surface area contributed by atoms with Gasteiger partial charge in [-0.1, -0.05) is 17.3 Å². The van der Waals surface area contributed by atoms with Gasteiger partial charge < -0.3 is 14.6 Å². The zero-order valence-electron chi connectivity index (χ0n) is 13.9. The van der Waals surface area contributed by atoms with Crippen molar-refractivity contribution in [2.75, 3.05) is 11.9 Å². The summed E-state index contributed by atoms with van der Waals surface area (Å²) >= 11 is 0. The number of halogens is 3. The van der Waals surface area contributed by atoms with Gasteiger partial charge in [-0.05, 0) is 43.3 Å². The first-order chi connectivity index (χ1) is 12.5. The summed E-state index contributed by atoms with van der Waals surface area (Å²) < 4.78 is 48.8. The first-order valence-corrected chi connectivity index (χ1v) is 7.92. The standard InChI is InChI=1S/C18H16F3N3O2/c1-2-25-15-8-6-14(7-9-15)22-11-16-23-17(24-26-16)12-4-3-5-13(10-12)18(19,20)21/h3-10,22H,2,11H2,1H3. The number of anilines is 1. The SMILES string of the molecule is CCOc1ccc(NCc2nc(-c3cccc(C(F)(F)F)c3)no2)cc1. The number of hydrogen-bond donors (Lipinski definition) is 1. The van der Waals surface area contributed by atoms with Crippen LogP contribution in [0.1, 0.15) is 18.4 Å². The van der Waals surface area contributed by atoms with E-state index in [2.05, 4.69) is 15.5 Å². The van der Waals surface area contributed by atoms with Gasteiger partial charge in [0, 0.05) is 11.3 Å². The molecule has 26 heavy (non-hydrogen) atoms. The maximum Gasteiger partial charge on any atom is 0.416 e. The van der Waals surface area contributed by atoms with Gasteiger partial charge in [-0.25, -0.2) is 0 Å². The molecule has 0 aliphatic carbocycles. The van der Waals surface area contributed by atoms with Crippen molar-refractivity contribution in [3.8, 4) is 17.1 Å². The molecule has 2 aromatic carbocycles. The predicted octanol–water partition coefficient (Wildman–Crippen LogP) is 4.77. The van der Waals surface area contributed by atoms with Gasteiger partial charge in [0.15, 0.2) is 0 Å². The normalized spacial score (nSPS) is 11.4. The van der Waals surface area contributed by atoms with Gasteiger partial charge in [-0.2, -0.15) is 18.2 Å². The maximum absolute atomic E-state index is 12.8. The van der Waals surface area contributed by atoms with Gasteiger partial charge in [0.25, 0.3) is 0 Å². The van der Waals surface area contributed by atoms with Gasteiger partial charge in [-0.3, -0.25) is 0 Å². The van der Waals surface area contributed by atoms with Crippen LogP contribution >= 0.6 is 0 Å². The summed E-state index contributed by atoms with van der Waals surface area (Å²) in [6.45, 7) is 2.75. The second-order valence-corrected chi connectivity index (χ2v) is 5.40. The van der Waals surface area contributed by atoms with E-state index in [1.54, 1.807) is 0 Å². The number of ether oxygens (including phenoxy) is 1. The molecule has 0 spiro atoms. The van der Waals surface area contributed by atoms with Gasteiger partial charge in [0.05, 0.1) is 18.7 Å². The first-order valence-electron chi connectivity index (χ1n) is 7.92. The third kappa shape index (κ3) is 4.33. The van der Waals surface area contributed by atoms with Crippen molar-refractivity contribution in [3.05, 3.63) is 60.0 Å². The summed E-state index contributed by atoms with van der Waals surface area (Å²) in [7, 11) is 0. The number of benzene rings is 2. The molecule has 1 N–H and O–H groups in total. The number of nitrogens with one attached hydrogen (secondary N) is 1. The minimum Gasteiger partial charge on any atom is -0.494 e. The lowest BCUT2D eigenvalue weighted by Gasteiger charge is -2.06. The molecule has 0 unspecified atom stereocenters. The minimum absolute atomic E-state index is 0.111. The lowest BCUT2D eigenvalue weighted by atomic mass is 10.1. The van der Waals surface area contributed by atoms with E-state index in [1.165, 1.54) is 12.1 Å². The summed E-state index contributed by atoms with van der Waals surface area (Å²) in [6, 6.07) is 12.1. The molecule has 0 aliphatic heterocycles. The Labute approximate surface area is 147 Å². The zero-order chi connectivity index (χ0) is 18.6. The van der Waals surface area contributed by atoms with Crippen LogP contribution < -0.4 is 10.1 Å². The minimum atomic E-state index is -4.42. The molecule has 0 bridgehead atoms. The van der Waals surface area contributed by atoms with Crippen LogP contribution in [0.15, 0.2) is 53.1 Å². The number of aromatic nitrogens is 2. The number of nitrogens with zero attached hydrogens (tertiary/aromatic N) is 2. The molecular formula is C18H16F3N3O2. The molecule has 0 amide bonds. The largest absolute Gasteiger partial charge is 0.494 e. The third-order valence-electron chi connectivity index (χ3n) is 3.53. The monoisotopic (exact) mass is 363 g/mol. The average Bonchev–Trinajstić information content (AvgIpc) is 3.10. The van der Waals surface area contributed by atoms with Gasteiger partial charge in [-0.15, -0.1) is 0 Å². The highest BCUT2D eigenvalue weighted by molar-refractivity contribution is 5.56. The van der Waals surface area contributed by atoms with E-state index in [0.717, 1.165) is 23.6 Å². The Hall–Kier alpha value is -3.03. The van der Waals surface area contributed by atoms with Crippen molar-refractivity contribution in [2.45, 2.75) is 19.6 Å². The van der Waals surface area contributed by atoms with Crippen molar-refractivity contribution in [3.63, 3.8) is 0 Å². The summed E-state index contributed by atoms with van der Waals surface area (Å²) in [6.07, 6.45) is -4.42. The van der Waals surface area contributed by atoms with Crippen molar-refractivity contribution < 1.29 is 22.4 Å². The predicted molar refractivity (Wildman–Crippen MR) is 89.7 cm³/mol. The molecule has 0 radical (unpaired) electrons. The van der Waals surface area contributed by atoms with Crippen LogP contribution in [-0.4, -0.2) is 16.7 Å². The van der Waals surface area contributed by atoms with E-state index >= 15 is 0 Å². The topological polar surface area (TPSA) is 60.2 Å². The summed E-state index contributed by atoms with van der Waals surface area (Å²) in [5, 5.41) is 6.85. The van der Waals surface area contributed by atoms with E-state index in [4.69, 9.17) is 9.26 Å². The summed E-state index contributed by atoms with van der Waals surface area (Å²) in [5.41, 5.74) is 0.317. The molecule has 1 heterocycles. The molecule has 0 aliphatic rings. The fourth-order valence-corrected chi connectivity index (χ4v) is 2.29. The molecule has 3 aromatic rings. The van der Waals surface area contributed by atoms with Gasteiger partial charge in [0.1, 0.15) is 5.75 Å². The van der Waals surface area contributed by atoms with Gasteiger partial charge >= 0.3 is 6.18 Å². The van der Waals surface area contributed by atoms with E-state index in [0.29, 0.717) is 6.61 Å². The third-order valence-corrected chi connectivity index (χ3v) is 3.53. The van der Waals surface area contributed by atoms with E-state index < -0.39 is 11.7 Å². The number of hydrogen-bond acceptors (Lipinski definition) is 5. The van der Waals surface area contributed by atoms with E-state index in [1.807, 2.05) is 31.2 Å². The fraction of sp³-hybridized carbons (Fsp3) is 0.222. The Morgan fingerprint density at radius 2 is 1.88 bits per heavy atom. The molecule has 1 aromatic heterocycles. The second-order valence-electron chi connectivity index (χ2n) is 5.40. The first kappa shape index (κ1) is 17.8. The second kappa shape index (κ2) is 7.47. The molecule has 0 fully saturated rings. The zero-order valence-corrected chi connectivity index (χ0v) is 13.9. The molecule has 0 saturated heterocycles. The van der Waals surface area contributed by atoms with E-state index in [9.17, 15) is 13.2 Å². The fourth-order valence-electron chi connectivity index (χ4n) is 2.29. The molecule has 5 nitrogen and oxygen atoms in total. The maximum atomic E-state index is 12.8. The van der Waals surface area contributed by atoms with E-state index in [-0.39, 0.29) is 23.8 Å². The lowest BCUT2D eigenvalue weighted by Crippen LogP contribution is -2.04. The Bertz CT molecular complexity index is 861. The van der Waals surface area contributed by atoms with Crippen LogP contribution in [0, 0.1) is 0 Å². The smallest absolute Gasteiger partial charge is 0.416 e. The Kier molecular flexibility index (Phi) is 5.11. The molecule has 0 saturated carbocycles. The Morgan fingerprint density at radius 1 is 1.12 bits per heavy atom. The molecule has 3 rings (SSSR count). The number of alkyl halides is 3. The Balaban J connectivity index is 1.66. The Morgan fingerprint density at radius 3 is 2.58 bits per heavy atom. The van der Waals surface area contributed by atoms with Crippen molar-refractivity contribution in [1.82, 2.24) is 10.1 Å². The number of rotatable bonds is 6. The summed E-state index contributed by atoms with van der Waals surface area (Å²) in [4.78, 5) is 4.13. The van der Waals surface area contributed by atoms with Crippen LogP contribution in [0.25, 0.3) is 11.4 Å². The quantitative estimate of drug-likeness (QED) is 0.684. The molecule has 136 valence electrons. The highest BCUT2D eigenvalue weighted by Gasteiger charge is 2.30. The van der Waals surface area contributed by atoms with Crippen molar-refractivity contribution in [1.29, 1.82) is 0 Å². The van der Waals surface area contributed by atoms with Crippen LogP contribution in [0.4, 0.5) is 18.9 Å². The molecular weight excluding hydrogens is 347 g/mol. The highest BCUT2D eigenvalue weighted by Crippen LogP contribution is 2.31. The van der Waals surface area contributed by atoms with Crippen LogP contribution in [0.5, 0.6) is 5.75 Å². The molecule has 0 atom stereocenters. The van der Waals surface area contributed by atoms with Crippen LogP contribution in [0.3, 0.4) is 0 Å². The lowest BCUT2D eigenvalue weighted by molar-refractivity contribution is -0.137. The van der Waals surface area contributed by atoms with Gasteiger partial charge in [0.2, 0.25) is 11.7 Å². The van der Waals surface area contributed by atoms with Crippen LogP contribution in [0.2, 0.25) is 0 Å². The summed E-state index contributed by atoms with van der Waals surface area (Å²) in [5.74, 6) is 1.15. The highest BCUT2D eigenvalue weighted by atomic mass is 19.4. The average molecular weight is 363 g/mol. The van der Waals surface area contributed by atoms with Crippen molar-refractivity contribution in [2.24, 2.45) is 0 Å². The van der Waals surface area contributed by atoms with Crippen molar-refractivity contribution >= 4 is 5.69 Å².